The van der Waals surface area contributed by atoms with Gasteiger partial charge in [0.15, 0.2) is 0 Å². The second kappa shape index (κ2) is 4.91. The van der Waals surface area contributed by atoms with Crippen molar-refractivity contribution in [1.29, 1.82) is 5.26 Å². The van der Waals surface area contributed by atoms with Crippen LogP contribution >= 0.6 is 11.8 Å². The Balaban J connectivity index is 2.14. The summed E-state index contributed by atoms with van der Waals surface area (Å²) in [7, 11) is -3.46. The molecule has 0 spiro atoms. The average molecular weight is 286 g/mol. The molecule has 0 unspecified atom stereocenters. The highest BCUT2D eigenvalue weighted by atomic mass is 32.2. The Kier molecular flexibility index (Phi) is 3.66. The molecule has 6 nitrogen and oxygen atoms in total. The summed E-state index contributed by atoms with van der Waals surface area (Å²) in [6.45, 7) is 0.754. The molecule has 2 rings (SSSR count). The Morgan fingerprint density at radius 3 is 2.67 bits per heavy atom. The zero-order valence-electron chi connectivity index (χ0n) is 9.96. The first-order chi connectivity index (χ1) is 8.54. The molecule has 0 bridgehead atoms. The highest BCUT2D eigenvalue weighted by Gasteiger charge is 2.38. The van der Waals surface area contributed by atoms with E-state index < -0.39 is 14.8 Å². The molecule has 0 atom stereocenters. The number of nitrogens with one attached hydrogen (secondary N) is 1. The Morgan fingerprint density at radius 1 is 1.56 bits per heavy atom. The number of thioether (sulfide) groups is 1. The molecule has 1 saturated heterocycles. The first kappa shape index (κ1) is 13.4. The SMILES string of the molecule is CSC1(C#N)CCN(S(=O)(=O)c2cn[nH]c2)CC1. The van der Waals surface area contributed by atoms with Gasteiger partial charge >= 0.3 is 0 Å². The van der Waals surface area contributed by atoms with Crippen LogP contribution in [0.2, 0.25) is 0 Å². The van der Waals surface area contributed by atoms with Crippen molar-refractivity contribution < 1.29 is 8.42 Å². The fourth-order valence-corrected chi connectivity index (χ4v) is 4.01. The van der Waals surface area contributed by atoms with Crippen LogP contribution in [0.5, 0.6) is 0 Å². The third-order valence-electron chi connectivity index (χ3n) is 3.24. The van der Waals surface area contributed by atoms with E-state index in [4.69, 9.17) is 5.26 Å². The van der Waals surface area contributed by atoms with E-state index in [0.717, 1.165) is 0 Å². The van der Waals surface area contributed by atoms with Crippen molar-refractivity contribution in [2.75, 3.05) is 19.3 Å². The smallest absolute Gasteiger partial charge is 0.246 e. The summed E-state index contributed by atoms with van der Waals surface area (Å²) >= 11 is 1.50. The molecule has 18 heavy (non-hydrogen) atoms. The van der Waals surface area contributed by atoms with Crippen LogP contribution in [0, 0.1) is 11.3 Å². The van der Waals surface area contributed by atoms with Gasteiger partial charge in [-0.25, -0.2) is 8.42 Å². The summed E-state index contributed by atoms with van der Waals surface area (Å²) in [5, 5.41) is 15.3. The molecule has 0 aliphatic carbocycles. The second-order valence-corrected chi connectivity index (χ2v) is 7.28. The van der Waals surface area contributed by atoms with Gasteiger partial charge in [-0.05, 0) is 19.1 Å². The molecule has 1 aliphatic heterocycles. The fraction of sp³-hybridized carbons (Fsp3) is 0.600. The number of hydrogen-bond donors (Lipinski definition) is 1. The number of sulfonamides is 1. The van der Waals surface area contributed by atoms with Crippen LogP contribution in [0.15, 0.2) is 17.3 Å². The lowest BCUT2D eigenvalue weighted by molar-refractivity contribution is 0.327. The zero-order chi connectivity index (χ0) is 13.2. The van der Waals surface area contributed by atoms with Crippen LogP contribution in [-0.2, 0) is 10.0 Å². The molecule has 0 saturated carbocycles. The van der Waals surface area contributed by atoms with E-state index in [1.54, 1.807) is 0 Å². The lowest BCUT2D eigenvalue weighted by Crippen LogP contribution is -2.44. The molecular formula is C10H14N4O2S2. The number of aromatic amines is 1. The molecule has 0 aromatic carbocycles. The Labute approximate surface area is 110 Å². The molecule has 1 aromatic heterocycles. The minimum Gasteiger partial charge on any atom is -0.284 e. The molecule has 1 aliphatic rings. The summed E-state index contributed by atoms with van der Waals surface area (Å²) in [6, 6.07) is 2.30. The van der Waals surface area contributed by atoms with Gasteiger partial charge < -0.3 is 0 Å². The number of aromatic nitrogens is 2. The Hall–Kier alpha value is -1.04. The maximum atomic E-state index is 12.2. The summed E-state index contributed by atoms with van der Waals surface area (Å²) in [4.78, 5) is 0.177. The van der Waals surface area contributed by atoms with E-state index in [2.05, 4.69) is 16.3 Å². The van der Waals surface area contributed by atoms with Crippen molar-refractivity contribution >= 4 is 21.8 Å². The number of nitrogens with zero attached hydrogens (tertiary/aromatic N) is 3. The predicted molar refractivity (Wildman–Crippen MR) is 68.4 cm³/mol. The molecule has 1 N–H and O–H groups in total. The molecule has 1 aromatic rings. The van der Waals surface area contributed by atoms with Crippen LogP contribution in [-0.4, -0.2) is 47.0 Å². The van der Waals surface area contributed by atoms with Gasteiger partial charge in [0, 0.05) is 19.3 Å². The topological polar surface area (TPSA) is 89.8 Å². The maximum Gasteiger partial charge on any atom is 0.246 e. The van der Waals surface area contributed by atoms with Crippen LogP contribution in [0.25, 0.3) is 0 Å². The Bertz CT molecular complexity index is 539. The third-order valence-corrected chi connectivity index (χ3v) is 6.38. The summed E-state index contributed by atoms with van der Waals surface area (Å²) < 4.78 is 25.4. The average Bonchev–Trinajstić information content (AvgIpc) is 2.93. The maximum absolute atomic E-state index is 12.2. The first-order valence-corrected chi connectivity index (χ1v) is 8.16. The number of piperidine rings is 1. The third kappa shape index (κ3) is 2.25. The van der Waals surface area contributed by atoms with Gasteiger partial charge in [-0.2, -0.15) is 14.7 Å². The van der Waals surface area contributed by atoms with Gasteiger partial charge in [0.05, 0.1) is 12.3 Å². The predicted octanol–water partition coefficient (Wildman–Crippen LogP) is 0.820. The molecular weight excluding hydrogens is 272 g/mol. The zero-order valence-corrected chi connectivity index (χ0v) is 11.6. The van der Waals surface area contributed by atoms with E-state index >= 15 is 0 Å². The number of H-pyrrole nitrogens is 1. The summed E-state index contributed by atoms with van der Waals surface area (Å²) in [5.41, 5.74) is 0. The molecule has 1 fully saturated rings. The van der Waals surface area contributed by atoms with Crippen molar-refractivity contribution in [1.82, 2.24) is 14.5 Å². The normalized spacial score (nSPS) is 20.4. The largest absolute Gasteiger partial charge is 0.284 e. The van der Waals surface area contributed by atoms with E-state index in [9.17, 15) is 8.42 Å². The quantitative estimate of drug-likeness (QED) is 0.888. The van der Waals surface area contributed by atoms with Gasteiger partial charge in [-0.15, -0.1) is 11.8 Å². The molecule has 0 radical (unpaired) electrons. The van der Waals surface area contributed by atoms with Crippen LogP contribution in [0.4, 0.5) is 0 Å². The van der Waals surface area contributed by atoms with Crippen LogP contribution in [0.1, 0.15) is 12.8 Å². The summed E-state index contributed by atoms with van der Waals surface area (Å²) in [5.74, 6) is 0. The molecule has 98 valence electrons. The van der Waals surface area contributed by atoms with Crippen LogP contribution in [0.3, 0.4) is 0 Å². The van der Waals surface area contributed by atoms with Crippen molar-refractivity contribution in [2.45, 2.75) is 22.5 Å². The van der Waals surface area contributed by atoms with Gasteiger partial charge in [0.25, 0.3) is 0 Å². The van der Waals surface area contributed by atoms with Crippen molar-refractivity contribution in [3.8, 4) is 6.07 Å². The standard InChI is InChI=1S/C10H14N4O2S2/c1-17-10(8-11)2-4-14(5-3-10)18(15,16)9-6-12-13-7-9/h6-7H,2-5H2,1H3,(H,12,13). The minimum absolute atomic E-state index is 0.177. The first-order valence-electron chi connectivity index (χ1n) is 5.49. The lowest BCUT2D eigenvalue weighted by atomic mass is 9.99. The van der Waals surface area contributed by atoms with E-state index in [0.29, 0.717) is 25.9 Å². The van der Waals surface area contributed by atoms with Gasteiger partial charge in [0.2, 0.25) is 10.0 Å². The minimum atomic E-state index is -3.46. The summed E-state index contributed by atoms with van der Waals surface area (Å²) in [6.07, 6.45) is 5.68. The molecule has 2 heterocycles. The Morgan fingerprint density at radius 2 is 2.22 bits per heavy atom. The fourth-order valence-electron chi connectivity index (χ4n) is 1.98. The van der Waals surface area contributed by atoms with E-state index in [1.807, 2.05) is 6.26 Å². The van der Waals surface area contributed by atoms with Gasteiger partial charge in [0.1, 0.15) is 9.64 Å². The van der Waals surface area contributed by atoms with Gasteiger partial charge in [-0.1, -0.05) is 0 Å². The number of rotatable bonds is 3. The number of hydrogen-bond acceptors (Lipinski definition) is 5. The van der Waals surface area contributed by atoms with Crippen molar-refractivity contribution in [3.05, 3.63) is 12.4 Å². The molecule has 0 amide bonds. The number of nitriles is 1. The highest BCUT2D eigenvalue weighted by molar-refractivity contribution is 8.00. The van der Waals surface area contributed by atoms with Crippen LogP contribution < -0.4 is 0 Å². The van der Waals surface area contributed by atoms with Crippen molar-refractivity contribution in [2.24, 2.45) is 0 Å². The highest BCUT2D eigenvalue weighted by Crippen LogP contribution is 2.35. The van der Waals surface area contributed by atoms with E-state index in [1.165, 1.54) is 28.5 Å². The van der Waals surface area contributed by atoms with E-state index in [-0.39, 0.29) is 4.90 Å². The van der Waals surface area contributed by atoms with Gasteiger partial charge in [-0.3, -0.25) is 5.10 Å². The lowest BCUT2D eigenvalue weighted by Gasteiger charge is -2.35. The second-order valence-electron chi connectivity index (χ2n) is 4.15. The van der Waals surface area contributed by atoms with Crippen molar-refractivity contribution in [3.63, 3.8) is 0 Å². The molecule has 8 heteroatoms. The monoisotopic (exact) mass is 286 g/mol.